The highest BCUT2D eigenvalue weighted by Crippen LogP contribution is 2.15. The number of aryl methyl sites for hydroxylation is 1. The van der Waals surface area contributed by atoms with Crippen LogP contribution in [0.1, 0.15) is 19.7 Å². The standard InChI is InChI=1S/C9H15N3O2S/c1-4-12(5-2)8(13)6-15-9-11-10-7(3)14-9/h4-6H2,1-3H3. The minimum absolute atomic E-state index is 0.0980. The SMILES string of the molecule is CCN(CC)C(=O)CSc1nnc(C)o1. The molecule has 1 heterocycles. The fraction of sp³-hybridized carbons (Fsp3) is 0.667. The Morgan fingerprint density at radius 1 is 1.40 bits per heavy atom. The molecule has 0 bridgehead atoms. The Labute approximate surface area is 93.2 Å². The number of hydrogen-bond donors (Lipinski definition) is 0. The first-order valence-corrected chi connectivity index (χ1v) is 5.86. The minimum Gasteiger partial charge on any atom is -0.416 e. The number of hydrogen-bond acceptors (Lipinski definition) is 5. The lowest BCUT2D eigenvalue weighted by Gasteiger charge is -2.17. The van der Waals surface area contributed by atoms with E-state index in [1.807, 2.05) is 13.8 Å². The summed E-state index contributed by atoms with van der Waals surface area (Å²) >= 11 is 1.28. The Balaban J connectivity index is 2.40. The molecule has 15 heavy (non-hydrogen) atoms. The normalized spacial score (nSPS) is 10.3. The van der Waals surface area contributed by atoms with Crippen molar-refractivity contribution in [3.05, 3.63) is 5.89 Å². The lowest BCUT2D eigenvalue weighted by atomic mass is 10.5. The predicted octanol–water partition coefficient (Wildman–Crippen LogP) is 1.34. The third-order valence-electron chi connectivity index (χ3n) is 1.94. The predicted molar refractivity (Wildman–Crippen MR) is 57.7 cm³/mol. The first-order chi connectivity index (χ1) is 7.17. The van der Waals surface area contributed by atoms with Crippen molar-refractivity contribution in [1.82, 2.24) is 15.1 Å². The van der Waals surface area contributed by atoms with E-state index in [4.69, 9.17) is 4.42 Å². The average molecular weight is 229 g/mol. The maximum absolute atomic E-state index is 11.6. The van der Waals surface area contributed by atoms with E-state index in [1.54, 1.807) is 11.8 Å². The summed E-state index contributed by atoms with van der Waals surface area (Å²) in [5.41, 5.74) is 0. The molecule has 0 saturated carbocycles. The monoisotopic (exact) mass is 229 g/mol. The topological polar surface area (TPSA) is 59.2 Å². The van der Waals surface area contributed by atoms with Gasteiger partial charge in [0.2, 0.25) is 11.8 Å². The number of rotatable bonds is 5. The smallest absolute Gasteiger partial charge is 0.277 e. The molecule has 0 aliphatic carbocycles. The number of nitrogens with zero attached hydrogens (tertiary/aromatic N) is 3. The number of amides is 1. The van der Waals surface area contributed by atoms with E-state index in [9.17, 15) is 4.79 Å². The second-order valence-electron chi connectivity index (χ2n) is 2.94. The van der Waals surface area contributed by atoms with Gasteiger partial charge in [-0.3, -0.25) is 4.79 Å². The summed E-state index contributed by atoms with van der Waals surface area (Å²) in [5, 5.41) is 7.94. The van der Waals surface area contributed by atoms with E-state index in [1.165, 1.54) is 11.8 Å². The molecule has 1 amide bonds. The molecule has 84 valence electrons. The Morgan fingerprint density at radius 3 is 2.53 bits per heavy atom. The molecule has 0 saturated heterocycles. The van der Waals surface area contributed by atoms with Crippen LogP contribution in [0.2, 0.25) is 0 Å². The zero-order chi connectivity index (χ0) is 11.3. The van der Waals surface area contributed by atoms with Crippen molar-refractivity contribution in [1.29, 1.82) is 0 Å². The molecule has 5 nitrogen and oxygen atoms in total. The van der Waals surface area contributed by atoms with Gasteiger partial charge in [0.25, 0.3) is 5.22 Å². The maximum atomic E-state index is 11.6. The Morgan fingerprint density at radius 2 is 2.07 bits per heavy atom. The first-order valence-electron chi connectivity index (χ1n) is 4.88. The Bertz CT molecular complexity index is 323. The van der Waals surface area contributed by atoms with Crippen LogP contribution in [0.3, 0.4) is 0 Å². The minimum atomic E-state index is 0.0980. The molecule has 1 rings (SSSR count). The van der Waals surface area contributed by atoms with Crippen molar-refractivity contribution in [2.24, 2.45) is 0 Å². The second kappa shape index (κ2) is 5.75. The van der Waals surface area contributed by atoms with E-state index in [0.717, 1.165) is 13.1 Å². The van der Waals surface area contributed by atoms with Gasteiger partial charge in [0.05, 0.1) is 5.75 Å². The van der Waals surface area contributed by atoms with Crippen LogP contribution in [0.25, 0.3) is 0 Å². The molecule has 0 aliphatic heterocycles. The lowest BCUT2D eigenvalue weighted by Crippen LogP contribution is -2.31. The summed E-state index contributed by atoms with van der Waals surface area (Å²) in [6.45, 7) is 7.12. The van der Waals surface area contributed by atoms with Crippen LogP contribution in [0, 0.1) is 6.92 Å². The molecule has 0 atom stereocenters. The first kappa shape index (κ1) is 12.0. The van der Waals surface area contributed by atoms with E-state index >= 15 is 0 Å². The number of carbonyl (C=O) groups excluding carboxylic acids is 1. The molecule has 0 aromatic carbocycles. The van der Waals surface area contributed by atoms with Gasteiger partial charge in [-0.2, -0.15) is 0 Å². The van der Waals surface area contributed by atoms with E-state index in [0.29, 0.717) is 16.9 Å². The van der Waals surface area contributed by atoms with Crippen molar-refractivity contribution < 1.29 is 9.21 Å². The fourth-order valence-electron chi connectivity index (χ4n) is 1.13. The van der Waals surface area contributed by atoms with Crippen molar-refractivity contribution in [2.45, 2.75) is 26.0 Å². The van der Waals surface area contributed by atoms with Crippen LogP contribution in [0.4, 0.5) is 0 Å². The van der Waals surface area contributed by atoms with Gasteiger partial charge >= 0.3 is 0 Å². The summed E-state index contributed by atoms with van der Waals surface area (Å²) in [5.74, 6) is 0.970. The molecule has 6 heteroatoms. The van der Waals surface area contributed by atoms with Crippen molar-refractivity contribution in [3.63, 3.8) is 0 Å². The maximum Gasteiger partial charge on any atom is 0.277 e. The quantitative estimate of drug-likeness (QED) is 0.713. The van der Waals surface area contributed by atoms with Crippen molar-refractivity contribution >= 4 is 17.7 Å². The van der Waals surface area contributed by atoms with Crippen LogP contribution in [-0.2, 0) is 4.79 Å². The van der Waals surface area contributed by atoms with Gasteiger partial charge in [0, 0.05) is 20.0 Å². The average Bonchev–Trinajstić information content (AvgIpc) is 2.63. The van der Waals surface area contributed by atoms with Crippen LogP contribution in [0.5, 0.6) is 0 Å². The largest absolute Gasteiger partial charge is 0.416 e. The molecular formula is C9H15N3O2S. The zero-order valence-electron chi connectivity index (χ0n) is 9.19. The molecular weight excluding hydrogens is 214 g/mol. The summed E-state index contributed by atoms with van der Waals surface area (Å²) in [4.78, 5) is 13.4. The van der Waals surface area contributed by atoms with Gasteiger partial charge in [-0.05, 0) is 13.8 Å². The molecule has 1 aromatic heterocycles. The highest BCUT2D eigenvalue weighted by molar-refractivity contribution is 7.99. The van der Waals surface area contributed by atoms with Gasteiger partial charge in [-0.15, -0.1) is 10.2 Å². The second-order valence-corrected chi connectivity index (χ2v) is 3.87. The van der Waals surface area contributed by atoms with Gasteiger partial charge in [0.1, 0.15) is 0 Å². The highest BCUT2D eigenvalue weighted by atomic mass is 32.2. The molecule has 1 aromatic rings. The van der Waals surface area contributed by atoms with Gasteiger partial charge < -0.3 is 9.32 Å². The van der Waals surface area contributed by atoms with Gasteiger partial charge in [-0.25, -0.2) is 0 Å². The van der Waals surface area contributed by atoms with E-state index in [2.05, 4.69) is 10.2 Å². The molecule has 0 fully saturated rings. The molecule has 0 N–H and O–H groups in total. The van der Waals surface area contributed by atoms with Crippen molar-refractivity contribution in [3.8, 4) is 0 Å². The van der Waals surface area contributed by atoms with Crippen molar-refractivity contribution in [2.75, 3.05) is 18.8 Å². The van der Waals surface area contributed by atoms with Gasteiger partial charge in [-0.1, -0.05) is 11.8 Å². The third kappa shape index (κ3) is 3.54. The van der Waals surface area contributed by atoms with Crippen LogP contribution in [-0.4, -0.2) is 39.8 Å². The van der Waals surface area contributed by atoms with E-state index in [-0.39, 0.29) is 5.91 Å². The zero-order valence-corrected chi connectivity index (χ0v) is 10.0. The summed E-state index contributed by atoms with van der Waals surface area (Å²) in [7, 11) is 0. The number of carbonyl (C=O) groups is 1. The summed E-state index contributed by atoms with van der Waals surface area (Å²) in [6, 6.07) is 0. The Hall–Kier alpha value is -1.04. The van der Waals surface area contributed by atoms with Crippen LogP contribution >= 0.6 is 11.8 Å². The van der Waals surface area contributed by atoms with Gasteiger partial charge in [0.15, 0.2) is 0 Å². The molecule has 0 aliphatic rings. The summed E-state index contributed by atoms with van der Waals surface area (Å²) in [6.07, 6.45) is 0. The summed E-state index contributed by atoms with van der Waals surface area (Å²) < 4.78 is 5.15. The number of aromatic nitrogens is 2. The molecule has 0 unspecified atom stereocenters. The molecule has 0 radical (unpaired) electrons. The Kier molecular flexibility index (Phi) is 4.61. The van der Waals surface area contributed by atoms with Crippen LogP contribution in [0.15, 0.2) is 9.64 Å². The lowest BCUT2D eigenvalue weighted by molar-refractivity contribution is -0.127. The highest BCUT2D eigenvalue weighted by Gasteiger charge is 2.12. The number of thioether (sulfide) groups is 1. The van der Waals surface area contributed by atoms with E-state index < -0.39 is 0 Å². The molecule has 0 spiro atoms. The van der Waals surface area contributed by atoms with Crippen LogP contribution < -0.4 is 0 Å². The fourth-order valence-corrected chi connectivity index (χ4v) is 1.84. The third-order valence-corrected chi connectivity index (χ3v) is 2.75.